The van der Waals surface area contributed by atoms with Crippen LogP contribution in [0.15, 0.2) is 0 Å². The number of aliphatic hydroxyl groups excluding tert-OH is 1. The predicted molar refractivity (Wildman–Crippen MR) is 40.4 cm³/mol. The number of terminal acetylenes is 1. The minimum absolute atomic E-state index is 0.173. The molecule has 1 saturated carbocycles. The smallest absolute Gasteiger partial charge is 0.0693 e. The van der Waals surface area contributed by atoms with Crippen LogP contribution >= 0.6 is 0 Å². The number of hydrogen-bond acceptors (Lipinski definition) is 2. The molecule has 0 aromatic heterocycles. The number of aliphatic hydroxyl groups is 1. The van der Waals surface area contributed by atoms with Gasteiger partial charge in [0, 0.05) is 6.54 Å². The van der Waals surface area contributed by atoms with E-state index >= 15 is 0 Å². The Morgan fingerprint density at radius 1 is 1.70 bits per heavy atom. The molecule has 1 fully saturated rings. The highest BCUT2D eigenvalue weighted by atomic mass is 16.3. The van der Waals surface area contributed by atoms with Gasteiger partial charge in [-0.3, -0.25) is 0 Å². The molecule has 0 saturated heterocycles. The highest BCUT2D eigenvalue weighted by molar-refractivity contribution is 4.88. The lowest BCUT2D eigenvalue weighted by molar-refractivity contribution is 0.150. The molecule has 0 aromatic carbocycles. The molecule has 2 N–H and O–H groups in total. The Labute approximate surface area is 61.6 Å². The summed E-state index contributed by atoms with van der Waals surface area (Å²) in [5, 5.41) is 12.3. The van der Waals surface area contributed by atoms with Crippen LogP contribution in [0.3, 0.4) is 0 Å². The van der Waals surface area contributed by atoms with E-state index in [-0.39, 0.29) is 6.10 Å². The molecule has 0 heterocycles. The van der Waals surface area contributed by atoms with E-state index in [0.29, 0.717) is 19.0 Å². The molecule has 0 spiro atoms. The molecule has 10 heavy (non-hydrogen) atoms. The molecule has 1 unspecified atom stereocenters. The first-order valence-electron chi connectivity index (χ1n) is 3.67. The van der Waals surface area contributed by atoms with Gasteiger partial charge in [-0.25, -0.2) is 0 Å². The van der Waals surface area contributed by atoms with E-state index in [0.717, 1.165) is 0 Å². The van der Waals surface area contributed by atoms with Gasteiger partial charge in [-0.05, 0) is 18.8 Å². The minimum atomic E-state index is -0.173. The number of nitrogens with one attached hydrogen (secondary N) is 1. The van der Waals surface area contributed by atoms with Crippen molar-refractivity contribution in [2.24, 2.45) is 5.92 Å². The molecular weight excluding hydrogens is 126 g/mol. The van der Waals surface area contributed by atoms with Gasteiger partial charge in [0.25, 0.3) is 0 Å². The van der Waals surface area contributed by atoms with Gasteiger partial charge in [0.1, 0.15) is 0 Å². The zero-order chi connectivity index (χ0) is 7.40. The van der Waals surface area contributed by atoms with Crippen LogP contribution in [0.1, 0.15) is 12.8 Å². The molecular formula is C8H13NO. The van der Waals surface area contributed by atoms with Crippen molar-refractivity contribution in [3.63, 3.8) is 0 Å². The fraction of sp³-hybridized carbons (Fsp3) is 0.750. The SMILES string of the molecule is C#CCNCC(O)C1CC1. The second kappa shape index (κ2) is 3.60. The fourth-order valence-electron chi connectivity index (χ4n) is 0.940. The third kappa shape index (κ3) is 2.38. The first kappa shape index (κ1) is 7.59. The van der Waals surface area contributed by atoms with Gasteiger partial charge < -0.3 is 10.4 Å². The molecule has 2 nitrogen and oxygen atoms in total. The summed E-state index contributed by atoms with van der Waals surface area (Å²) in [6.45, 7) is 1.21. The van der Waals surface area contributed by atoms with E-state index in [1.54, 1.807) is 0 Å². The van der Waals surface area contributed by atoms with Crippen LogP contribution in [-0.2, 0) is 0 Å². The van der Waals surface area contributed by atoms with E-state index in [2.05, 4.69) is 11.2 Å². The lowest BCUT2D eigenvalue weighted by Crippen LogP contribution is -2.28. The van der Waals surface area contributed by atoms with Crippen LogP contribution < -0.4 is 5.32 Å². The molecule has 0 amide bonds. The maximum Gasteiger partial charge on any atom is 0.0693 e. The Morgan fingerprint density at radius 3 is 2.90 bits per heavy atom. The van der Waals surface area contributed by atoms with Crippen LogP contribution in [0.25, 0.3) is 0 Å². The average molecular weight is 139 g/mol. The van der Waals surface area contributed by atoms with Crippen molar-refractivity contribution in [1.82, 2.24) is 5.32 Å². The van der Waals surface area contributed by atoms with Gasteiger partial charge >= 0.3 is 0 Å². The minimum Gasteiger partial charge on any atom is -0.392 e. The van der Waals surface area contributed by atoms with E-state index in [1.165, 1.54) is 12.8 Å². The maximum atomic E-state index is 9.28. The van der Waals surface area contributed by atoms with Crippen molar-refractivity contribution in [3.05, 3.63) is 0 Å². The van der Waals surface area contributed by atoms with Crippen LogP contribution in [-0.4, -0.2) is 24.3 Å². The normalized spacial score (nSPS) is 20.0. The maximum absolute atomic E-state index is 9.28. The lowest BCUT2D eigenvalue weighted by Gasteiger charge is -2.07. The first-order chi connectivity index (χ1) is 4.84. The van der Waals surface area contributed by atoms with Crippen molar-refractivity contribution in [2.45, 2.75) is 18.9 Å². The molecule has 1 aliphatic rings. The zero-order valence-electron chi connectivity index (χ0n) is 6.01. The molecule has 0 aliphatic heterocycles. The molecule has 1 atom stereocenters. The summed E-state index contributed by atoms with van der Waals surface area (Å²) < 4.78 is 0. The van der Waals surface area contributed by atoms with Gasteiger partial charge in [-0.1, -0.05) is 5.92 Å². The Kier molecular flexibility index (Phi) is 2.73. The van der Waals surface area contributed by atoms with Crippen molar-refractivity contribution in [2.75, 3.05) is 13.1 Å². The highest BCUT2D eigenvalue weighted by Crippen LogP contribution is 2.32. The van der Waals surface area contributed by atoms with Crippen LogP contribution in [0, 0.1) is 18.3 Å². The predicted octanol–water partition coefficient (Wildman–Crippen LogP) is -0.0199. The van der Waals surface area contributed by atoms with Gasteiger partial charge in [-0.2, -0.15) is 0 Å². The van der Waals surface area contributed by atoms with E-state index in [4.69, 9.17) is 6.42 Å². The Bertz CT molecular complexity index is 135. The molecule has 0 radical (unpaired) electrons. The topological polar surface area (TPSA) is 32.3 Å². The monoisotopic (exact) mass is 139 g/mol. The largest absolute Gasteiger partial charge is 0.392 e. The number of rotatable bonds is 4. The summed E-state index contributed by atoms with van der Waals surface area (Å²) in [6, 6.07) is 0. The summed E-state index contributed by atoms with van der Waals surface area (Å²) >= 11 is 0. The van der Waals surface area contributed by atoms with Crippen molar-refractivity contribution >= 4 is 0 Å². The van der Waals surface area contributed by atoms with Crippen molar-refractivity contribution in [3.8, 4) is 12.3 Å². The molecule has 56 valence electrons. The molecule has 1 aliphatic carbocycles. The third-order valence-corrected chi connectivity index (χ3v) is 1.75. The summed E-state index contributed by atoms with van der Waals surface area (Å²) in [5.74, 6) is 3.01. The van der Waals surface area contributed by atoms with E-state index in [9.17, 15) is 5.11 Å². The van der Waals surface area contributed by atoms with Gasteiger partial charge in [0.15, 0.2) is 0 Å². The Morgan fingerprint density at radius 2 is 2.40 bits per heavy atom. The summed E-state index contributed by atoms with van der Waals surface area (Å²) in [6.07, 6.45) is 7.20. The zero-order valence-corrected chi connectivity index (χ0v) is 6.01. The Balaban J connectivity index is 1.96. The van der Waals surface area contributed by atoms with E-state index in [1.807, 2.05) is 0 Å². The van der Waals surface area contributed by atoms with Gasteiger partial charge in [0.2, 0.25) is 0 Å². The molecule has 0 bridgehead atoms. The fourth-order valence-corrected chi connectivity index (χ4v) is 0.940. The Hall–Kier alpha value is -0.520. The quantitative estimate of drug-likeness (QED) is 0.424. The summed E-state index contributed by atoms with van der Waals surface area (Å²) in [4.78, 5) is 0. The van der Waals surface area contributed by atoms with Crippen LogP contribution in [0.4, 0.5) is 0 Å². The van der Waals surface area contributed by atoms with Gasteiger partial charge in [0.05, 0.1) is 12.6 Å². The molecule has 2 heteroatoms. The average Bonchev–Trinajstić information content (AvgIpc) is 2.69. The summed E-state index contributed by atoms with van der Waals surface area (Å²) in [7, 11) is 0. The second-order valence-electron chi connectivity index (χ2n) is 2.74. The second-order valence-corrected chi connectivity index (χ2v) is 2.74. The lowest BCUT2D eigenvalue weighted by atomic mass is 10.2. The molecule has 0 aromatic rings. The van der Waals surface area contributed by atoms with Crippen molar-refractivity contribution < 1.29 is 5.11 Å². The third-order valence-electron chi connectivity index (χ3n) is 1.75. The molecule has 1 rings (SSSR count). The summed E-state index contributed by atoms with van der Waals surface area (Å²) in [5.41, 5.74) is 0. The van der Waals surface area contributed by atoms with Crippen LogP contribution in [0.5, 0.6) is 0 Å². The van der Waals surface area contributed by atoms with Crippen molar-refractivity contribution in [1.29, 1.82) is 0 Å². The van der Waals surface area contributed by atoms with Gasteiger partial charge in [-0.15, -0.1) is 6.42 Å². The first-order valence-corrected chi connectivity index (χ1v) is 3.67. The standard InChI is InChI=1S/C8H13NO/c1-2-5-9-6-8(10)7-3-4-7/h1,7-10H,3-6H2. The highest BCUT2D eigenvalue weighted by Gasteiger charge is 2.28. The number of hydrogen-bond donors (Lipinski definition) is 2. The van der Waals surface area contributed by atoms with Crippen LogP contribution in [0.2, 0.25) is 0 Å². The van der Waals surface area contributed by atoms with E-state index < -0.39 is 0 Å².